The van der Waals surface area contributed by atoms with Gasteiger partial charge in [-0.2, -0.15) is 0 Å². The molecule has 0 atom stereocenters. The molecule has 1 rings (SSSR count). The highest BCUT2D eigenvalue weighted by molar-refractivity contribution is 7.82. The number of amides is 1. The van der Waals surface area contributed by atoms with E-state index in [-0.39, 0.29) is 16.7 Å². The maximum Gasteiger partial charge on any atom is 0.222 e. The number of hydrogen-bond acceptors (Lipinski definition) is 3. The first-order chi connectivity index (χ1) is 9.06. The number of benzene rings is 1. The monoisotopic (exact) mass is 278 g/mol. The van der Waals surface area contributed by atoms with E-state index < -0.39 is 0 Å². The molecule has 0 aliphatic heterocycles. The Bertz CT molecular complexity index is 486. The molecule has 1 aromatic rings. The van der Waals surface area contributed by atoms with Gasteiger partial charge in [0.1, 0.15) is 4.99 Å². The molecule has 0 spiro atoms. The summed E-state index contributed by atoms with van der Waals surface area (Å²) in [5.74, 6) is -0.486. The third-order valence-corrected chi connectivity index (χ3v) is 2.83. The van der Waals surface area contributed by atoms with Crippen molar-refractivity contribution in [2.45, 2.75) is 26.7 Å². The Morgan fingerprint density at radius 3 is 2.58 bits per heavy atom. The average molecular weight is 278 g/mol. The number of carbonyl (C=O) groups excluding carboxylic acids is 2. The molecule has 102 valence electrons. The standard InChI is InChI=1S/C14H18N2O2S/c1-3-4-9-15-14(19)13(18)11-7-5-6-8-12(11)16-10(2)17/h5-8H,3-4,9H2,1-2H3,(H,15,19)(H,16,17). The number of Topliss-reactive ketones (excluding diaryl/α,β-unsaturated/α-hetero) is 1. The zero-order valence-corrected chi connectivity index (χ0v) is 12.0. The van der Waals surface area contributed by atoms with E-state index in [0.29, 0.717) is 17.8 Å². The lowest BCUT2D eigenvalue weighted by molar-refractivity contribution is -0.114. The molecule has 2 N–H and O–H groups in total. The van der Waals surface area contributed by atoms with Crippen LogP contribution in [-0.2, 0) is 4.79 Å². The number of anilines is 1. The van der Waals surface area contributed by atoms with Gasteiger partial charge in [-0.15, -0.1) is 0 Å². The summed E-state index contributed by atoms with van der Waals surface area (Å²) in [7, 11) is 0. The molecular weight excluding hydrogens is 260 g/mol. The molecule has 0 saturated carbocycles. The van der Waals surface area contributed by atoms with Gasteiger partial charge in [0.2, 0.25) is 11.7 Å². The largest absolute Gasteiger partial charge is 0.373 e. The highest BCUT2D eigenvalue weighted by Gasteiger charge is 2.15. The molecule has 0 aromatic heterocycles. The number of rotatable bonds is 6. The molecular formula is C14H18N2O2S. The Kier molecular flexibility index (Phi) is 6.15. The van der Waals surface area contributed by atoms with Gasteiger partial charge in [0.25, 0.3) is 0 Å². The predicted octanol–water partition coefficient (Wildman–Crippen LogP) is 2.54. The van der Waals surface area contributed by atoms with E-state index in [1.54, 1.807) is 24.3 Å². The van der Waals surface area contributed by atoms with Crippen LogP contribution >= 0.6 is 12.2 Å². The summed E-state index contributed by atoms with van der Waals surface area (Å²) < 4.78 is 0. The number of nitrogens with one attached hydrogen (secondary N) is 2. The summed E-state index contributed by atoms with van der Waals surface area (Å²) in [5, 5.41) is 5.56. The Balaban J connectivity index is 2.81. The molecule has 0 heterocycles. The van der Waals surface area contributed by atoms with Gasteiger partial charge in [0, 0.05) is 19.0 Å². The molecule has 0 bridgehead atoms. The Morgan fingerprint density at radius 1 is 1.26 bits per heavy atom. The zero-order valence-electron chi connectivity index (χ0n) is 11.2. The van der Waals surface area contributed by atoms with Crippen molar-refractivity contribution in [3.63, 3.8) is 0 Å². The third kappa shape index (κ3) is 4.79. The van der Waals surface area contributed by atoms with Crippen molar-refractivity contribution in [3.8, 4) is 0 Å². The highest BCUT2D eigenvalue weighted by Crippen LogP contribution is 2.16. The summed E-state index contributed by atoms with van der Waals surface area (Å²) in [4.78, 5) is 23.5. The van der Waals surface area contributed by atoms with E-state index in [1.165, 1.54) is 6.92 Å². The molecule has 19 heavy (non-hydrogen) atoms. The van der Waals surface area contributed by atoms with Crippen molar-refractivity contribution in [1.29, 1.82) is 0 Å². The molecule has 1 aromatic carbocycles. The normalized spacial score (nSPS) is 9.79. The Hall–Kier alpha value is -1.75. The molecule has 5 heteroatoms. The van der Waals surface area contributed by atoms with Gasteiger partial charge in [-0.3, -0.25) is 9.59 Å². The van der Waals surface area contributed by atoms with Crippen LogP contribution in [0.1, 0.15) is 37.0 Å². The average Bonchev–Trinajstić information content (AvgIpc) is 2.38. The van der Waals surface area contributed by atoms with Crippen molar-refractivity contribution in [2.75, 3.05) is 11.9 Å². The quantitative estimate of drug-likeness (QED) is 0.477. The van der Waals surface area contributed by atoms with Gasteiger partial charge in [-0.1, -0.05) is 37.7 Å². The number of ketones is 1. The maximum atomic E-state index is 12.2. The van der Waals surface area contributed by atoms with Crippen molar-refractivity contribution >= 4 is 34.6 Å². The first-order valence-corrected chi connectivity index (χ1v) is 6.66. The summed E-state index contributed by atoms with van der Waals surface area (Å²) in [5.41, 5.74) is 0.895. The van der Waals surface area contributed by atoms with Crippen molar-refractivity contribution < 1.29 is 9.59 Å². The number of thiocarbonyl (C=S) groups is 1. The second-order valence-corrected chi connectivity index (χ2v) is 4.57. The number of hydrogen-bond donors (Lipinski definition) is 2. The topological polar surface area (TPSA) is 58.2 Å². The second-order valence-electron chi connectivity index (χ2n) is 4.17. The lowest BCUT2D eigenvalue weighted by Crippen LogP contribution is -2.30. The molecule has 0 saturated heterocycles. The molecule has 0 fully saturated rings. The minimum absolute atomic E-state index is 0.186. The zero-order chi connectivity index (χ0) is 14.3. The number of unbranched alkanes of at least 4 members (excludes halogenated alkanes) is 1. The third-order valence-electron chi connectivity index (χ3n) is 2.50. The summed E-state index contributed by atoms with van der Waals surface area (Å²) >= 11 is 5.07. The van der Waals surface area contributed by atoms with Gasteiger partial charge < -0.3 is 10.6 Å². The first kappa shape index (κ1) is 15.3. The van der Waals surface area contributed by atoms with Crippen LogP contribution in [0.4, 0.5) is 5.69 Å². The van der Waals surface area contributed by atoms with Crippen molar-refractivity contribution in [1.82, 2.24) is 5.32 Å². The number of para-hydroxylation sites is 1. The molecule has 0 radical (unpaired) electrons. The molecule has 0 aliphatic rings. The molecule has 0 aliphatic carbocycles. The van der Waals surface area contributed by atoms with E-state index in [9.17, 15) is 9.59 Å². The van der Waals surface area contributed by atoms with Gasteiger partial charge in [-0.25, -0.2) is 0 Å². The lowest BCUT2D eigenvalue weighted by atomic mass is 10.1. The van der Waals surface area contributed by atoms with E-state index in [0.717, 1.165) is 12.8 Å². The van der Waals surface area contributed by atoms with Crippen LogP contribution in [0.25, 0.3) is 0 Å². The van der Waals surface area contributed by atoms with E-state index in [1.807, 2.05) is 0 Å². The van der Waals surface area contributed by atoms with Crippen molar-refractivity contribution in [2.24, 2.45) is 0 Å². The first-order valence-electron chi connectivity index (χ1n) is 6.25. The summed E-state index contributed by atoms with van der Waals surface area (Å²) in [6, 6.07) is 6.84. The van der Waals surface area contributed by atoms with Gasteiger partial charge in [0.15, 0.2) is 0 Å². The Labute approximate surface area is 118 Å². The predicted molar refractivity (Wildman–Crippen MR) is 80.6 cm³/mol. The fraction of sp³-hybridized carbons (Fsp3) is 0.357. The van der Waals surface area contributed by atoms with Crippen LogP contribution in [-0.4, -0.2) is 23.2 Å². The van der Waals surface area contributed by atoms with Gasteiger partial charge in [0.05, 0.1) is 5.69 Å². The van der Waals surface area contributed by atoms with Gasteiger partial charge in [-0.05, 0) is 18.6 Å². The van der Waals surface area contributed by atoms with Crippen LogP contribution in [0, 0.1) is 0 Å². The summed E-state index contributed by atoms with van der Waals surface area (Å²) in [6.07, 6.45) is 1.99. The van der Waals surface area contributed by atoms with E-state index >= 15 is 0 Å². The van der Waals surface area contributed by atoms with E-state index in [2.05, 4.69) is 17.6 Å². The van der Waals surface area contributed by atoms with Crippen molar-refractivity contribution in [3.05, 3.63) is 29.8 Å². The van der Waals surface area contributed by atoms with Crippen LogP contribution in [0.3, 0.4) is 0 Å². The fourth-order valence-corrected chi connectivity index (χ4v) is 1.77. The molecule has 0 unspecified atom stereocenters. The maximum absolute atomic E-state index is 12.2. The van der Waals surface area contributed by atoms with Crippen LogP contribution < -0.4 is 10.6 Å². The fourth-order valence-electron chi connectivity index (χ4n) is 1.56. The summed E-state index contributed by atoms with van der Waals surface area (Å²) in [6.45, 7) is 4.15. The smallest absolute Gasteiger partial charge is 0.222 e. The minimum atomic E-state index is -0.268. The highest BCUT2D eigenvalue weighted by atomic mass is 32.1. The second kappa shape index (κ2) is 7.63. The van der Waals surface area contributed by atoms with Crippen LogP contribution in [0.2, 0.25) is 0 Å². The molecule has 4 nitrogen and oxygen atoms in total. The lowest BCUT2D eigenvalue weighted by Gasteiger charge is -2.10. The molecule has 1 amide bonds. The SMILES string of the molecule is CCCCNC(=S)C(=O)c1ccccc1NC(C)=O. The van der Waals surface area contributed by atoms with Gasteiger partial charge >= 0.3 is 0 Å². The number of carbonyl (C=O) groups is 2. The minimum Gasteiger partial charge on any atom is -0.373 e. The van der Waals surface area contributed by atoms with Crippen LogP contribution in [0.5, 0.6) is 0 Å². The van der Waals surface area contributed by atoms with E-state index in [4.69, 9.17) is 12.2 Å². The Morgan fingerprint density at radius 2 is 1.95 bits per heavy atom. The van der Waals surface area contributed by atoms with Crippen LogP contribution in [0.15, 0.2) is 24.3 Å².